The van der Waals surface area contributed by atoms with E-state index in [9.17, 15) is 4.79 Å². The molecule has 1 aromatic rings. The van der Waals surface area contributed by atoms with E-state index in [0.717, 1.165) is 62.7 Å². The van der Waals surface area contributed by atoms with Crippen LogP contribution in [0.3, 0.4) is 0 Å². The monoisotopic (exact) mass is 374 g/mol. The van der Waals surface area contributed by atoms with Crippen LogP contribution >= 0.6 is 0 Å². The molecule has 1 amide bonds. The SMILES string of the molecule is CCNC(=NCc1cccc(OCC)c1)NCCCN1CCCCCC1=O. The van der Waals surface area contributed by atoms with Gasteiger partial charge in [0.15, 0.2) is 5.96 Å². The van der Waals surface area contributed by atoms with Crippen molar-refractivity contribution in [1.82, 2.24) is 15.5 Å². The van der Waals surface area contributed by atoms with Crippen LogP contribution in [0, 0.1) is 0 Å². The molecule has 1 fully saturated rings. The summed E-state index contributed by atoms with van der Waals surface area (Å²) in [5.74, 6) is 1.99. The largest absolute Gasteiger partial charge is 0.494 e. The molecule has 1 aliphatic rings. The van der Waals surface area contributed by atoms with Gasteiger partial charge in [-0.3, -0.25) is 4.79 Å². The maximum absolute atomic E-state index is 12.0. The van der Waals surface area contributed by atoms with E-state index in [2.05, 4.69) is 28.6 Å². The van der Waals surface area contributed by atoms with Gasteiger partial charge in [-0.05, 0) is 50.8 Å². The minimum Gasteiger partial charge on any atom is -0.494 e. The lowest BCUT2D eigenvalue weighted by molar-refractivity contribution is -0.130. The lowest BCUT2D eigenvalue weighted by Gasteiger charge is -2.20. The van der Waals surface area contributed by atoms with Gasteiger partial charge in [0.1, 0.15) is 5.75 Å². The third-order valence-corrected chi connectivity index (χ3v) is 4.54. The van der Waals surface area contributed by atoms with Crippen LogP contribution in [0.25, 0.3) is 0 Å². The van der Waals surface area contributed by atoms with Crippen LogP contribution < -0.4 is 15.4 Å². The summed E-state index contributed by atoms with van der Waals surface area (Å²) in [6.45, 7) is 8.64. The molecule has 0 aliphatic carbocycles. The second kappa shape index (κ2) is 12.2. The molecule has 0 radical (unpaired) electrons. The number of carbonyl (C=O) groups is 1. The number of nitrogens with one attached hydrogen (secondary N) is 2. The van der Waals surface area contributed by atoms with Crippen LogP contribution in [0.4, 0.5) is 0 Å². The number of amides is 1. The lowest BCUT2D eigenvalue weighted by atomic mass is 10.2. The summed E-state index contributed by atoms with van der Waals surface area (Å²) < 4.78 is 5.54. The van der Waals surface area contributed by atoms with Crippen molar-refractivity contribution >= 4 is 11.9 Å². The summed E-state index contributed by atoms with van der Waals surface area (Å²) in [7, 11) is 0. The summed E-state index contributed by atoms with van der Waals surface area (Å²) in [4.78, 5) is 18.7. The van der Waals surface area contributed by atoms with E-state index in [1.54, 1.807) is 0 Å². The Labute approximate surface area is 163 Å². The first-order chi connectivity index (χ1) is 13.2. The highest BCUT2D eigenvalue weighted by molar-refractivity contribution is 5.79. The van der Waals surface area contributed by atoms with Crippen LogP contribution in [-0.2, 0) is 11.3 Å². The number of hydrogen-bond acceptors (Lipinski definition) is 3. The molecule has 6 heteroatoms. The smallest absolute Gasteiger partial charge is 0.222 e. The molecule has 1 saturated heterocycles. The first-order valence-corrected chi connectivity index (χ1v) is 10.2. The van der Waals surface area contributed by atoms with E-state index in [0.29, 0.717) is 25.5 Å². The van der Waals surface area contributed by atoms with E-state index < -0.39 is 0 Å². The number of nitrogens with zero attached hydrogens (tertiary/aromatic N) is 2. The van der Waals surface area contributed by atoms with Gasteiger partial charge in [-0.25, -0.2) is 4.99 Å². The van der Waals surface area contributed by atoms with E-state index in [1.165, 1.54) is 6.42 Å². The molecule has 1 aliphatic heterocycles. The van der Waals surface area contributed by atoms with Crippen molar-refractivity contribution in [3.63, 3.8) is 0 Å². The lowest BCUT2D eigenvalue weighted by Crippen LogP contribution is -2.39. The fourth-order valence-corrected chi connectivity index (χ4v) is 3.16. The highest BCUT2D eigenvalue weighted by Crippen LogP contribution is 2.14. The van der Waals surface area contributed by atoms with Crippen molar-refractivity contribution in [3.05, 3.63) is 29.8 Å². The van der Waals surface area contributed by atoms with Gasteiger partial charge in [0.25, 0.3) is 0 Å². The van der Waals surface area contributed by atoms with Gasteiger partial charge < -0.3 is 20.3 Å². The molecule has 0 unspecified atom stereocenters. The molecule has 1 heterocycles. The number of guanidine groups is 1. The normalized spacial score (nSPS) is 15.4. The molecular weight excluding hydrogens is 340 g/mol. The van der Waals surface area contributed by atoms with Crippen LogP contribution in [0.15, 0.2) is 29.3 Å². The van der Waals surface area contributed by atoms with Crippen LogP contribution in [-0.4, -0.2) is 49.6 Å². The second-order valence-electron chi connectivity index (χ2n) is 6.75. The molecule has 1 aromatic carbocycles. The Bertz CT molecular complexity index is 604. The van der Waals surface area contributed by atoms with E-state index in [1.807, 2.05) is 30.0 Å². The molecule has 0 aromatic heterocycles. The molecule has 0 atom stereocenters. The number of hydrogen-bond donors (Lipinski definition) is 2. The Kier molecular flexibility index (Phi) is 9.52. The highest BCUT2D eigenvalue weighted by atomic mass is 16.5. The number of benzene rings is 1. The summed E-state index contributed by atoms with van der Waals surface area (Å²) in [5, 5.41) is 6.65. The summed E-state index contributed by atoms with van der Waals surface area (Å²) in [5.41, 5.74) is 1.12. The minimum atomic E-state index is 0.308. The molecule has 6 nitrogen and oxygen atoms in total. The molecular formula is C21H34N4O2. The summed E-state index contributed by atoms with van der Waals surface area (Å²) in [6, 6.07) is 8.04. The predicted octanol–water partition coefficient (Wildman–Crippen LogP) is 2.93. The van der Waals surface area contributed by atoms with E-state index in [-0.39, 0.29) is 0 Å². The summed E-state index contributed by atoms with van der Waals surface area (Å²) in [6.07, 6.45) is 4.97. The van der Waals surface area contributed by atoms with E-state index >= 15 is 0 Å². The van der Waals surface area contributed by atoms with Crippen LogP contribution in [0.1, 0.15) is 51.5 Å². The molecule has 0 bridgehead atoms. The minimum absolute atomic E-state index is 0.308. The highest BCUT2D eigenvalue weighted by Gasteiger charge is 2.15. The van der Waals surface area contributed by atoms with Gasteiger partial charge in [0.2, 0.25) is 5.91 Å². The second-order valence-corrected chi connectivity index (χ2v) is 6.75. The van der Waals surface area contributed by atoms with Gasteiger partial charge in [-0.1, -0.05) is 18.6 Å². The zero-order valence-corrected chi connectivity index (χ0v) is 16.8. The fraction of sp³-hybridized carbons (Fsp3) is 0.619. The third-order valence-electron chi connectivity index (χ3n) is 4.54. The molecule has 0 spiro atoms. The zero-order valence-electron chi connectivity index (χ0n) is 16.8. The van der Waals surface area contributed by atoms with Gasteiger partial charge in [-0.2, -0.15) is 0 Å². The van der Waals surface area contributed by atoms with Crippen molar-refractivity contribution in [3.8, 4) is 5.75 Å². The van der Waals surface area contributed by atoms with Gasteiger partial charge >= 0.3 is 0 Å². The molecule has 0 saturated carbocycles. The first kappa shape index (κ1) is 21.1. The number of rotatable bonds is 9. The van der Waals surface area contributed by atoms with Crippen molar-refractivity contribution < 1.29 is 9.53 Å². The standard InChI is InChI=1S/C21H34N4O2/c1-3-22-21(24-17-18-10-8-11-19(16-18)27-4-2)23-13-9-15-25-14-7-5-6-12-20(25)26/h8,10-11,16H,3-7,9,12-15,17H2,1-2H3,(H2,22,23,24). The number of carbonyl (C=O) groups excluding carboxylic acids is 1. The van der Waals surface area contributed by atoms with Crippen molar-refractivity contribution in [1.29, 1.82) is 0 Å². The molecule has 27 heavy (non-hydrogen) atoms. The molecule has 150 valence electrons. The maximum atomic E-state index is 12.0. The maximum Gasteiger partial charge on any atom is 0.222 e. The quantitative estimate of drug-likeness (QED) is 0.396. The molecule has 2 N–H and O–H groups in total. The number of ether oxygens (including phenoxy) is 1. The Morgan fingerprint density at radius 1 is 1.22 bits per heavy atom. The zero-order chi connectivity index (χ0) is 19.3. The van der Waals surface area contributed by atoms with Crippen molar-refractivity contribution in [2.45, 2.75) is 52.5 Å². The Balaban J connectivity index is 1.79. The first-order valence-electron chi connectivity index (χ1n) is 10.2. The average Bonchev–Trinajstić information content (AvgIpc) is 2.88. The number of aliphatic imine (C=N–C) groups is 1. The van der Waals surface area contributed by atoms with Gasteiger partial charge in [-0.15, -0.1) is 0 Å². The number of likely N-dealkylation sites (tertiary alicyclic amines) is 1. The topological polar surface area (TPSA) is 66.0 Å². The van der Waals surface area contributed by atoms with Crippen LogP contribution in [0.5, 0.6) is 5.75 Å². The molecule has 2 rings (SSSR count). The Morgan fingerprint density at radius 2 is 2.11 bits per heavy atom. The Hall–Kier alpha value is -2.24. The van der Waals surface area contributed by atoms with Gasteiger partial charge in [0.05, 0.1) is 13.2 Å². The fourth-order valence-electron chi connectivity index (χ4n) is 3.16. The third kappa shape index (κ3) is 7.89. The van der Waals surface area contributed by atoms with E-state index in [4.69, 9.17) is 4.74 Å². The van der Waals surface area contributed by atoms with Crippen molar-refractivity contribution in [2.75, 3.05) is 32.8 Å². The summed E-state index contributed by atoms with van der Waals surface area (Å²) >= 11 is 0. The predicted molar refractivity (Wildman–Crippen MR) is 110 cm³/mol. The average molecular weight is 375 g/mol. The van der Waals surface area contributed by atoms with Gasteiger partial charge in [0, 0.05) is 32.6 Å². The Morgan fingerprint density at radius 3 is 2.93 bits per heavy atom. The van der Waals surface area contributed by atoms with Crippen molar-refractivity contribution in [2.24, 2.45) is 4.99 Å². The van der Waals surface area contributed by atoms with Crippen LogP contribution in [0.2, 0.25) is 0 Å².